The lowest BCUT2D eigenvalue weighted by Crippen LogP contribution is -2.32. The highest BCUT2D eigenvalue weighted by Gasteiger charge is 2.18. The Kier molecular flexibility index (Phi) is 6.23. The molecular formula is C21H20BrNO3. The molecule has 1 saturated heterocycles. The number of ketones is 1. The van der Waals surface area contributed by atoms with Crippen LogP contribution in [0.5, 0.6) is 5.75 Å². The van der Waals surface area contributed by atoms with Crippen LogP contribution in [0.15, 0.2) is 59.1 Å². The Bertz CT molecular complexity index is 808. The van der Waals surface area contributed by atoms with Crippen molar-refractivity contribution in [3.63, 3.8) is 0 Å². The molecule has 1 heterocycles. The fraction of sp³-hybridized carbons (Fsp3) is 0.238. The maximum absolute atomic E-state index is 12.3. The molecule has 0 aromatic heterocycles. The molecule has 1 amide bonds. The van der Waals surface area contributed by atoms with Crippen molar-refractivity contribution in [2.24, 2.45) is 0 Å². The fourth-order valence-electron chi connectivity index (χ4n) is 2.80. The van der Waals surface area contributed by atoms with Crippen molar-refractivity contribution in [1.29, 1.82) is 0 Å². The number of hydrogen-bond donors (Lipinski definition) is 0. The number of ether oxygens (including phenoxy) is 1. The second-order valence-electron chi connectivity index (χ2n) is 6.15. The fourth-order valence-corrected chi connectivity index (χ4v) is 3.21. The molecule has 2 aromatic rings. The number of likely N-dealkylation sites (tertiary alicyclic amines) is 1. The highest BCUT2D eigenvalue weighted by molar-refractivity contribution is 9.10. The molecule has 1 aliphatic rings. The molecule has 5 heteroatoms. The van der Waals surface area contributed by atoms with Crippen LogP contribution in [0.1, 0.15) is 28.8 Å². The zero-order valence-corrected chi connectivity index (χ0v) is 15.9. The van der Waals surface area contributed by atoms with Gasteiger partial charge in [0, 0.05) is 23.1 Å². The number of nitrogens with zero attached hydrogens (tertiary/aromatic N) is 1. The largest absolute Gasteiger partial charge is 0.484 e. The van der Waals surface area contributed by atoms with E-state index in [1.807, 2.05) is 29.2 Å². The Balaban J connectivity index is 1.54. The van der Waals surface area contributed by atoms with Gasteiger partial charge in [0.1, 0.15) is 5.75 Å². The lowest BCUT2D eigenvalue weighted by Gasteiger charge is -2.15. The van der Waals surface area contributed by atoms with Crippen molar-refractivity contribution < 1.29 is 14.3 Å². The first-order chi connectivity index (χ1) is 12.6. The molecule has 1 aliphatic heterocycles. The molecule has 26 heavy (non-hydrogen) atoms. The number of allylic oxidation sites excluding steroid dienone is 1. The van der Waals surface area contributed by atoms with E-state index in [2.05, 4.69) is 15.9 Å². The summed E-state index contributed by atoms with van der Waals surface area (Å²) in [7, 11) is 0. The molecule has 1 fully saturated rings. The Labute approximate surface area is 161 Å². The number of benzene rings is 2. The Morgan fingerprint density at radius 1 is 1.08 bits per heavy atom. The van der Waals surface area contributed by atoms with Gasteiger partial charge >= 0.3 is 0 Å². The van der Waals surface area contributed by atoms with E-state index in [-0.39, 0.29) is 18.3 Å². The third kappa shape index (κ3) is 5.05. The standard InChI is InChI=1S/C21H20BrNO3/c22-18-5-3-4-16(14-18)6-11-20(24)17-7-9-19(10-8-17)26-15-21(25)23-12-1-2-13-23/h3-11,14H,1-2,12-13,15H2/b11-6+. The van der Waals surface area contributed by atoms with Gasteiger partial charge < -0.3 is 9.64 Å². The van der Waals surface area contributed by atoms with Gasteiger partial charge in [-0.05, 0) is 60.9 Å². The highest BCUT2D eigenvalue weighted by Crippen LogP contribution is 2.16. The van der Waals surface area contributed by atoms with E-state index in [1.54, 1.807) is 36.4 Å². The molecule has 0 bridgehead atoms. The Hall–Kier alpha value is -2.40. The molecule has 0 radical (unpaired) electrons. The number of hydrogen-bond acceptors (Lipinski definition) is 3. The molecule has 134 valence electrons. The SMILES string of the molecule is O=C(/C=C/c1cccc(Br)c1)c1ccc(OCC(=O)N2CCCC2)cc1. The minimum atomic E-state index is -0.0790. The summed E-state index contributed by atoms with van der Waals surface area (Å²) < 4.78 is 6.50. The zero-order valence-electron chi connectivity index (χ0n) is 14.4. The summed E-state index contributed by atoms with van der Waals surface area (Å²) in [6, 6.07) is 14.6. The number of carbonyl (C=O) groups is 2. The second kappa shape index (κ2) is 8.81. The average Bonchev–Trinajstić information content (AvgIpc) is 3.19. The third-order valence-electron chi connectivity index (χ3n) is 4.24. The Morgan fingerprint density at radius 3 is 2.50 bits per heavy atom. The smallest absolute Gasteiger partial charge is 0.260 e. The van der Waals surface area contributed by atoms with Crippen molar-refractivity contribution in [1.82, 2.24) is 4.90 Å². The highest BCUT2D eigenvalue weighted by atomic mass is 79.9. The molecule has 4 nitrogen and oxygen atoms in total. The van der Waals surface area contributed by atoms with Crippen LogP contribution in [0.2, 0.25) is 0 Å². The van der Waals surface area contributed by atoms with Crippen LogP contribution in [0.25, 0.3) is 6.08 Å². The van der Waals surface area contributed by atoms with Crippen molar-refractivity contribution in [3.8, 4) is 5.75 Å². The van der Waals surface area contributed by atoms with E-state index in [1.165, 1.54) is 0 Å². The van der Waals surface area contributed by atoms with Crippen LogP contribution in [-0.2, 0) is 4.79 Å². The molecule has 0 atom stereocenters. The third-order valence-corrected chi connectivity index (χ3v) is 4.73. The molecule has 2 aromatic carbocycles. The summed E-state index contributed by atoms with van der Waals surface area (Å²) in [6.45, 7) is 1.68. The van der Waals surface area contributed by atoms with Crippen LogP contribution >= 0.6 is 15.9 Å². The zero-order chi connectivity index (χ0) is 18.4. The van der Waals surface area contributed by atoms with Gasteiger partial charge in [0.25, 0.3) is 5.91 Å². The first-order valence-electron chi connectivity index (χ1n) is 8.60. The van der Waals surface area contributed by atoms with E-state index in [4.69, 9.17) is 4.74 Å². The van der Waals surface area contributed by atoms with E-state index in [0.29, 0.717) is 11.3 Å². The quantitative estimate of drug-likeness (QED) is 0.522. The topological polar surface area (TPSA) is 46.6 Å². The number of amides is 1. The monoisotopic (exact) mass is 413 g/mol. The number of halogens is 1. The Morgan fingerprint density at radius 2 is 1.81 bits per heavy atom. The predicted molar refractivity (Wildman–Crippen MR) is 105 cm³/mol. The molecule has 0 saturated carbocycles. The summed E-state index contributed by atoms with van der Waals surface area (Å²) in [6.07, 6.45) is 5.47. The minimum absolute atomic E-state index is 0.0135. The van der Waals surface area contributed by atoms with Gasteiger partial charge in [0.05, 0.1) is 0 Å². The summed E-state index contributed by atoms with van der Waals surface area (Å²) in [5.74, 6) is 0.523. The number of carbonyl (C=O) groups excluding carboxylic acids is 2. The minimum Gasteiger partial charge on any atom is -0.484 e. The normalized spacial score (nSPS) is 14.0. The first kappa shape index (κ1) is 18.4. The van der Waals surface area contributed by atoms with Crippen molar-refractivity contribution in [3.05, 3.63) is 70.2 Å². The molecule has 0 N–H and O–H groups in total. The first-order valence-corrected chi connectivity index (χ1v) is 9.40. The second-order valence-corrected chi connectivity index (χ2v) is 7.07. The predicted octanol–water partition coefficient (Wildman–Crippen LogP) is 4.35. The lowest BCUT2D eigenvalue weighted by molar-refractivity contribution is -0.132. The van der Waals surface area contributed by atoms with E-state index in [0.717, 1.165) is 36.0 Å². The van der Waals surface area contributed by atoms with Crippen LogP contribution in [0, 0.1) is 0 Å². The van der Waals surface area contributed by atoms with Gasteiger partial charge in [-0.3, -0.25) is 9.59 Å². The molecular weight excluding hydrogens is 394 g/mol. The van der Waals surface area contributed by atoms with Gasteiger partial charge in [-0.1, -0.05) is 34.1 Å². The molecule has 3 rings (SSSR count). The molecule has 0 spiro atoms. The average molecular weight is 414 g/mol. The maximum atomic E-state index is 12.3. The summed E-state index contributed by atoms with van der Waals surface area (Å²) >= 11 is 3.41. The van der Waals surface area contributed by atoms with Gasteiger partial charge in [0.2, 0.25) is 0 Å². The van der Waals surface area contributed by atoms with Gasteiger partial charge in [-0.15, -0.1) is 0 Å². The van der Waals surface area contributed by atoms with Crippen LogP contribution in [0.4, 0.5) is 0 Å². The summed E-state index contributed by atoms with van der Waals surface area (Å²) in [4.78, 5) is 26.1. The lowest BCUT2D eigenvalue weighted by atomic mass is 10.1. The van der Waals surface area contributed by atoms with Crippen molar-refractivity contribution >= 4 is 33.7 Å². The number of rotatable bonds is 6. The van der Waals surface area contributed by atoms with Gasteiger partial charge in [-0.25, -0.2) is 0 Å². The van der Waals surface area contributed by atoms with E-state index >= 15 is 0 Å². The van der Waals surface area contributed by atoms with Gasteiger partial charge in [-0.2, -0.15) is 0 Å². The van der Waals surface area contributed by atoms with Gasteiger partial charge in [0.15, 0.2) is 12.4 Å². The maximum Gasteiger partial charge on any atom is 0.260 e. The van der Waals surface area contributed by atoms with E-state index in [9.17, 15) is 9.59 Å². The van der Waals surface area contributed by atoms with Crippen LogP contribution < -0.4 is 4.74 Å². The van der Waals surface area contributed by atoms with Crippen LogP contribution in [-0.4, -0.2) is 36.3 Å². The molecule has 0 unspecified atom stereocenters. The summed E-state index contributed by atoms with van der Waals surface area (Å²) in [5, 5.41) is 0. The molecule has 0 aliphatic carbocycles. The van der Waals surface area contributed by atoms with E-state index < -0.39 is 0 Å². The van der Waals surface area contributed by atoms with Crippen molar-refractivity contribution in [2.75, 3.05) is 19.7 Å². The van der Waals surface area contributed by atoms with Crippen LogP contribution in [0.3, 0.4) is 0 Å². The van der Waals surface area contributed by atoms with Crippen molar-refractivity contribution in [2.45, 2.75) is 12.8 Å². The summed E-state index contributed by atoms with van der Waals surface area (Å²) in [5.41, 5.74) is 1.53.